The number of carbonyl (C=O) groups excluding carboxylic acids is 4. The summed E-state index contributed by atoms with van der Waals surface area (Å²) in [7, 11) is 1.51. The normalized spacial score (nSPS) is 16.7. The minimum Gasteiger partial charge on any atom is -0.497 e. The van der Waals surface area contributed by atoms with Gasteiger partial charge in [-0.1, -0.05) is 18.2 Å². The van der Waals surface area contributed by atoms with E-state index in [-0.39, 0.29) is 0 Å². The van der Waals surface area contributed by atoms with Crippen molar-refractivity contribution in [2.75, 3.05) is 12.0 Å². The van der Waals surface area contributed by atoms with Crippen LogP contribution in [0.15, 0.2) is 53.6 Å². The van der Waals surface area contributed by atoms with Crippen molar-refractivity contribution in [3.05, 3.63) is 59.7 Å². The minimum absolute atomic E-state index is 0.319. The average molecular weight is 394 g/mol. The lowest BCUT2D eigenvalue weighted by atomic mass is 10.0. The minimum atomic E-state index is -1.36. The van der Waals surface area contributed by atoms with Crippen molar-refractivity contribution in [3.63, 3.8) is 0 Å². The van der Waals surface area contributed by atoms with Gasteiger partial charge in [-0.25, -0.2) is 15.1 Å². The summed E-state index contributed by atoms with van der Waals surface area (Å²) in [5, 5.41) is 5.84. The lowest BCUT2D eigenvalue weighted by Gasteiger charge is -2.29. The molecule has 29 heavy (non-hydrogen) atoms. The Morgan fingerprint density at radius 1 is 1.14 bits per heavy atom. The van der Waals surface area contributed by atoms with E-state index in [2.05, 4.69) is 15.8 Å². The molecular weight excluding hydrogens is 376 g/mol. The van der Waals surface area contributed by atoms with Crippen LogP contribution < -0.4 is 20.4 Å². The Kier molecular flexibility index (Phi) is 5.68. The summed E-state index contributed by atoms with van der Waals surface area (Å²) >= 11 is 0. The zero-order valence-corrected chi connectivity index (χ0v) is 15.7. The highest BCUT2D eigenvalue weighted by molar-refractivity contribution is 6.32. The van der Waals surface area contributed by atoms with E-state index in [1.165, 1.54) is 7.11 Å². The topological polar surface area (TPSA) is 117 Å². The van der Waals surface area contributed by atoms with E-state index >= 15 is 0 Å². The third kappa shape index (κ3) is 4.13. The van der Waals surface area contributed by atoms with Gasteiger partial charge in [0.05, 0.1) is 12.8 Å². The van der Waals surface area contributed by atoms with Gasteiger partial charge >= 0.3 is 6.03 Å². The van der Waals surface area contributed by atoms with Gasteiger partial charge in [0.15, 0.2) is 5.92 Å². The quantitative estimate of drug-likeness (QED) is 0.454. The van der Waals surface area contributed by atoms with E-state index in [0.29, 0.717) is 22.6 Å². The highest BCUT2D eigenvalue weighted by Crippen LogP contribution is 2.23. The Balaban J connectivity index is 1.74. The number of nitrogens with zero attached hydrogens (tertiary/aromatic N) is 2. The van der Waals surface area contributed by atoms with E-state index in [1.807, 2.05) is 0 Å². The predicted octanol–water partition coefficient (Wildman–Crippen LogP) is 1.62. The van der Waals surface area contributed by atoms with Gasteiger partial charge in [-0.3, -0.25) is 19.7 Å². The largest absolute Gasteiger partial charge is 0.497 e. The summed E-state index contributed by atoms with van der Waals surface area (Å²) < 4.78 is 5.02. The monoisotopic (exact) mass is 394 g/mol. The number of methoxy groups -OCH3 is 1. The fourth-order valence-corrected chi connectivity index (χ4v) is 2.74. The summed E-state index contributed by atoms with van der Waals surface area (Å²) in [4.78, 5) is 50.0. The highest BCUT2D eigenvalue weighted by atomic mass is 16.5. The number of hydrogen-bond donors (Lipinski definition) is 2. The molecule has 9 heteroatoms. The van der Waals surface area contributed by atoms with Gasteiger partial charge in [0, 0.05) is 11.8 Å². The van der Waals surface area contributed by atoms with Crippen LogP contribution in [0.25, 0.3) is 0 Å². The fourth-order valence-electron chi connectivity index (χ4n) is 2.74. The maximum Gasteiger partial charge on any atom is 0.335 e. The summed E-state index contributed by atoms with van der Waals surface area (Å²) in [6, 6.07) is 12.3. The number of barbiturate groups is 1. The van der Waals surface area contributed by atoms with Crippen molar-refractivity contribution < 1.29 is 23.9 Å². The van der Waals surface area contributed by atoms with Gasteiger partial charge in [0.1, 0.15) is 5.75 Å². The smallest absolute Gasteiger partial charge is 0.335 e. The van der Waals surface area contributed by atoms with Crippen LogP contribution in [0.3, 0.4) is 0 Å². The average Bonchev–Trinajstić information content (AvgIpc) is 2.71. The summed E-state index contributed by atoms with van der Waals surface area (Å²) in [5.74, 6) is -2.86. The molecule has 1 fully saturated rings. The number of anilines is 1. The number of nitrogens with one attached hydrogen (secondary N) is 2. The van der Waals surface area contributed by atoms with Crippen LogP contribution in [0.4, 0.5) is 10.5 Å². The predicted molar refractivity (Wildman–Crippen MR) is 105 cm³/mol. The first-order valence-electron chi connectivity index (χ1n) is 8.64. The van der Waals surface area contributed by atoms with Gasteiger partial charge in [-0.15, -0.1) is 0 Å². The van der Waals surface area contributed by atoms with Gasteiger partial charge < -0.3 is 4.74 Å². The van der Waals surface area contributed by atoms with Gasteiger partial charge in [0.2, 0.25) is 5.91 Å². The molecule has 1 aliphatic heterocycles. The first kappa shape index (κ1) is 19.7. The maximum absolute atomic E-state index is 12.7. The standard InChI is InChI=1S/C20H18N4O5/c1-12-5-3-4-6-16(12)24-19(27)15(18(26)22-20(24)28)11-21-23-17(25)13-7-9-14(29-2)10-8-13/h3-11,15H,1-2H3,(H,23,25)(H,22,26,28)/b21-11-/t15-/m0/s1. The second kappa shape index (κ2) is 8.34. The van der Waals surface area contributed by atoms with Crippen LogP contribution in [0.2, 0.25) is 0 Å². The van der Waals surface area contributed by atoms with Crippen molar-refractivity contribution in [3.8, 4) is 5.75 Å². The lowest BCUT2D eigenvalue weighted by molar-refractivity contribution is -0.131. The summed E-state index contributed by atoms with van der Waals surface area (Å²) in [6.07, 6.45) is 0.997. The number of urea groups is 1. The fraction of sp³-hybridized carbons (Fsp3) is 0.150. The Labute approximate surface area is 166 Å². The molecule has 0 unspecified atom stereocenters. The number of carbonyl (C=O) groups is 4. The van der Waals surface area contributed by atoms with Gasteiger partial charge in [-0.2, -0.15) is 5.10 Å². The van der Waals surface area contributed by atoms with Crippen LogP contribution in [-0.4, -0.2) is 37.1 Å². The van der Waals surface area contributed by atoms with Crippen LogP contribution in [0, 0.1) is 12.8 Å². The molecule has 1 aliphatic rings. The maximum atomic E-state index is 12.7. The molecule has 0 saturated carbocycles. The van der Waals surface area contributed by atoms with E-state index in [9.17, 15) is 19.2 Å². The Hall–Kier alpha value is -4.01. The third-order valence-electron chi connectivity index (χ3n) is 4.30. The first-order chi connectivity index (χ1) is 13.9. The molecule has 1 saturated heterocycles. The molecule has 0 bridgehead atoms. The summed E-state index contributed by atoms with van der Waals surface area (Å²) in [5.41, 5.74) is 3.63. The Bertz CT molecular complexity index is 1000. The van der Waals surface area contributed by atoms with Crippen LogP contribution in [-0.2, 0) is 9.59 Å². The number of amides is 5. The van der Waals surface area contributed by atoms with Crippen molar-refractivity contribution in [1.82, 2.24) is 10.7 Å². The number of para-hydroxylation sites is 1. The molecule has 2 N–H and O–H groups in total. The lowest BCUT2D eigenvalue weighted by Crippen LogP contribution is -2.59. The molecule has 9 nitrogen and oxygen atoms in total. The van der Waals surface area contributed by atoms with Crippen molar-refractivity contribution in [2.45, 2.75) is 6.92 Å². The number of imide groups is 2. The Morgan fingerprint density at radius 3 is 2.48 bits per heavy atom. The molecule has 0 aromatic heterocycles. The number of hydrogen-bond acceptors (Lipinski definition) is 6. The molecule has 2 aromatic carbocycles. The number of benzene rings is 2. The van der Waals surface area contributed by atoms with Crippen molar-refractivity contribution in [2.24, 2.45) is 11.0 Å². The number of hydrazone groups is 1. The molecule has 2 aromatic rings. The van der Waals surface area contributed by atoms with E-state index in [0.717, 1.165) is 11.1 Å². The molecule has 0 aliphatic carbocycles. The zero-order chi connectivity index (χ0) is 21.0. The molecule has 148 valence electrons. The highest BCUT2D eigenvalue weighted by Gasteiger charge is 2.40. The van der Waals surface area contributed by atoms with E-state index in [1.54, 1.807) is 55.5 Å². The first-order valence-corrected chi connectivity index (χ1v) is 8.64. The van der Waals surface area contributed by atoms with Crippen molar-refractivity contribution in [1.29, 1.82) is 0 Å². The molecule has 1 atom stereocenters. The van der Waals surface area contributed by atoms with Gasteiger partial charge in [-0.05, 0) is 42.8 Å². The van der Waals surface area contributed by atoms with Crippen LogP contribution in [0.1, 0.15) is 15.9 Å². The zero-order valence-electron chi connectivity index (χ0n) is 15.7. The van der Waals surface area contributed by atoms with E-state index in [4.69, 9.17) is 4.74 Å². The molecule has 0 spiro atoms. The number of aryl methyl sites for hydroxylation is 1. The van der Waals surface area contributed by atoms with Gasteiger partial charge in [0.25, 0.3) is 11.8 Å². The summed E-state index contributed by atoms with van der Waals surface area (Å²) in [6.45, 7) is 1.74. The second-order valence-electron chi connectivity index (χ2n) is 6.18. The number of rotatable bonds is 5. The van der Waals surface area contributed by atoms with Crippen LogP contribution >= 0.6 is 0 Å². The second-order valence-corrected chi connectivity index (χ2v) is 6.18. The Morgan fingerprint density at radius 2 is 1.83 bits per heavy atom. The molecule has 3 rings (SSSR count). The molecular formula is C20H18N4O5. The third-order valence-corrected chi connectivity index (χ3v) is 4.30. The van der Waals surface area contributed by atoms with Crippen molar-refractivity contribution >= 4 is 35.7 Å². The molecule has 1 heterocycles. The molecule has 0 radical (unpaired) electrons. The molecule has 5 amide bonds. The van der Waals surface area contributed by atoms with Crippen LogP contribution in [0.5, 0.6) is 5.75 Å². The SMILES string of the molecule is COc1ccc(C(=O)N/N=C\[C@H]2C(=O)NC(=O)N(c3ccccc3C)C2=O)cc1. The van der Waals surface area contributed by atoms with E-state index < -0.39 is 29.7 Å². The number of ether oxygens (including phenoxy) is 1.